The van der Waals surface area contributed by atoms with E-state index in [-0.39, 0.29) is 24.9 Å². The molecule has 1 atom stereocenters. The van der Waals surface area contributed by atoms with Gasteiger partial charge in [0.05, 0.1) is 28.5 Å². The number of thiazole rings is 1. The molecule has 3 aromatic carbocycles. The van der Waals surface area contributed by atoms with Crippen LogP contribution in [0.1, 0.15) is 44.9 Å². The molecule has 0 saturated heterocycles. The van der Waals surface area contributed by atoms with E-state index in [1.165, 1.54) is 11.3 Å². The summed E-state index contributed by atoms with van der Waals surface area (Å²) in [6.45, 7) is 7.66. The molecule has 7 nitrogen and oxygen atoms in total. The number of hydrogen-bond acceptors (Lipinski definition) is 7. The van der Waals surface area contributed by atoms with Gasteiger partial charge < -0.3 is 14.2 Å². The van der Waals surface area contributed by atoms with E-state index in [2.05, 4.69) is 5.92 Å². The van der Waals surface area contributed by atoms with Crippen LogP contribution in [-0.4, -0.2) is 29.9 Å². The predicted molar refractivity (Wildman–Crippen MR) is 161 cm³/mol. The third-order valence-electron chi connectivity index (χ3n) is 6.61. The first-order valence-electron chi connectivity index (χ1n) is 13.4. The Morgan fingerprint density at radius 1 is 1.12 bits per heavy atom. The number of esters is 1. The number of para-hydroxylation sites is 1. The fourth-order valence-electron chi connectivity index (χ4n) is 4.95. The van der Waals surface area contributed by atoms with Gasteiger partial charge in [0.2, 0.25) is 0 Å². The fourth-order valence-corrected chi connectivity index (χ4v) is 5.98. The molecule has 1 aromatic heterocycles. The monoisotopic (exact) mass is 566 g/mol. The molecule has 1 aliphatic heterocycles. The van der Waals surface area contributed by atoms with E-state index >= 15 is 0 Å². The lowest BCUT2D eigenvalue weighted by molar-refractivity contribution is -0.139. The molecule has 8 heteroatoms. The lowest BCUT2D eigenvalue weighted by atomic mass is 9.95. The largest absolute Gasteiger partial charge is 0.491 e. The van der Waals surface area contributed by atoms with E-state index in [9.17, 15) is 9.59 Å². The maximum Gasteiger partial charge on any atom is 0.338 e. The van der Waals surface area contributed by atoms with Crippen LogP contribution in [0.25, 0.3) is 16.8 Å². The van der Waals surface area contributed by atoms with Crippen LogP contribution >= 0.6 is 11.3 Å². The second kappa shape index (κ2) is 11.9. The number of ether oxygens (including phenoxy) is 3. The molecule has 0 radical (unpaired) electrons. The Bertz CT molecular complexity index is 1890. The van der Waals surface area contributed by atoms with Crippen molar-refractivity contribution in [1.82, 2.24) is 4.57 Å². The minimum Gasteiger partial charge on any atom is -0.491 e. The molecule has 0 bridgehead atoms. The lowest BCUT2D eigenvalue weighted by Gasteiger charge is -2.26. The zero-order chi connectivity index (χ0) is 29.1. The van der Waals surface area contributed by atoms with Crippen LogP contribution in [0.15, 0.2) is 81.7 Å². The number of carbonyl (C=O) groups excluding carboxylic acids is 1. The van der Waals surface area contributed by atoms with Gasteiger partial charge in [0.15, 0.2) is 4.80 Å². The molecule has 5 rings (SSSR count). The first kappa shape index (κ1) is 27.9. The van der Waals surface area contributed by atoms with E-state index in [1.807, 2.05) is 80.6 Å². The van der Waals surface area contributed by atoms with Crippen molar-refractivity contribution in [2.75, 3.05) is 13.2 Å². The van der Waals surface area contributed by atoms with Crippen LogP contribution < -0.4 is 24.4 Å². The maximum atomic E-state index is 14.2. The molecular formula is C33H30N2O5S. The summed E-state index contributed by atoms with van der Waals surface area (Å²) in [4.78, 5) is 32.7. The summed E-state index contributed by atoms with van der Waals surface area (Å²) in [6, 6.07) is 18.3. The molecule has 0 spiro atoms. The number of hydrogen-bond donors (Lipinski definition) is 0. The van der Waals surface area contributed by atoms with Crippen LogP contribution in [-0.2, 0) is 9.53 Å². The molecule has 0 N–H and O–H groups in total. The zero-order valence-electron chi connectivity index (χ0n) is 23.3. The Morgan fingerprint density at radius 2 is 1.88 bits per heavy atom. The van der Waals surface area contributed by atoms with Gasteiger partial charge in [0.1, 0.15) is 24.1 Å². The number of nitrogens with zero attached hydrogens (tertiary/aromatic N) is 2. The first-order valence-corrected chi connectivity index (χ1v) is 14.2. The molecule has 41 heavy (non-hydrogen) atoms. The highest BCUT2D eigenvalue weighted by Gasteiger charge is 2.35. The molecular weight excluding hydrogens is 536 g/mol. The van der Waals surface area contributed by atoms with Crippen molar-refractivity contribution >= 4 is 34.2 Å². The molecule has 2 heterocycles. The van der Waals surface area contributed by atoms with Crippen LogP contribution in [0.3, 0.4) is 0 Å². The number of carbonyl (C=O) groups is 1. The van der Waals surface area contributed by atoms with Crippen molar-refractivity contribution < 1.29 is 19.0 Å². The van der Waals surface area contributed by atoms with Crippen molar-refractivity contribution in [3.8, 4) is 23.8 Å². The quantitative estimate of drug-likeness (QED) is 0.227. The molecule has 0 saturated carbocycles. The average Bonchev–Trinajstić information content (AvgIpc) is 3.26. The van der Waals surface area contributed by atoms with E-state index in [0.717, 1.165) is 16.3 Å². The molecule has 1 aliphatic rings. The average molecular weight is 567 g/mol. The summed E-state index contributed by atoms with van der Waals surface area (Å²) >= 11 is 1.25. The maximum absolute atomic E-state index is 14.2. The Hall–Kier alpha value is -4.61. The summed E-state index contributed by atoms with van der Waals surface area (Å²) in [5.41, 5.74) is 1.92. The summed E-state index contributed by atoms with van der Waals surface area (Å²) in [5, 5.41) is 1.92. The highest BCUT2D eigenvalue weighted by Crippen LogP contribution is 2.36. The minimum atomic E-state index is -0.785. The third kappa shape index (κ3) is 5.41. The van der Waals surface area contributed by atoms with E-state index in [1.54, 1.807) is 18.4 Å². The second-order valence-electron chi connectivity index (χ2n) is 9.70. The van der Waals surface area contributed by atoms with Crippen LogP contribution in [0.4, 0.5) is 0 Å². The third-order valence-corrected chi connectivity index (χ3v) is 7.59. The molecule has 0 unspecified atom stereocenters. The minimum absolute atomic E-state index is 0.0924. The SMILES string of the molecule is C#CCOc1ccc2ccccc2c1/C=c1\sc2n(c1=O)[C@@H](c1ccccc1OC(C)C)C(C(=O)OCC)=C(C)N=2. The van der Waals surface area contributed by atoms with Crippen molar-refractivity contribution in [2.24, 2.45) is 4.99 Å². The van der Waals surface area contributed by atoms with Crippen LogP contribution in [0, 0.1) is 12.3 Å². The highest BCUT2D eigenvalue weighted by atomic mass is 32.1. The highest BCUT2D eigenvalue weighted by molar-refractivity contribution is 7.07. The van der Waals surface area contributed by atoms with E-state index in [4.69, 9.17) is 25.6 Å². The van der Waals surface area contributed by atoms with Crippen LogP contribution in [0.2, 0.25) is 0 Å². The van der Waals surface area contributed by atoms with Gasteiger partial charge in [-0.2, -0.15) is 0 Å². The zero-order valence-corrected chi connectivity index (χ0v) is 24.2. The summed E-state index contributed by atoms with van der Waals surface area (Å²) < 4.78 is 19.4. The Labute approximate surface area is 242 Å². The van der Waals surface area contributed by atoms with Gasteiger partial charge in [0, 0.05) is 11.1 Å². The van der Waals surface area contributed by atoms with E-state index in [0.29, 0.717) is 37.7 Å². The number of fused-ring (bicyclic) bond motifs is 2. The van der Waals surface area contributed by atoms with Gasteiger partial charge in [-0.25, -0.2) is 9.79 Å². The van der Waals surface area contributed by atoms with Gasteiger partial charge in [0.25, 0.3) is 5.56 Å². The Morgan fingerprint density at radius 3 is 2.63 bits per heavy atom. The number of benzene rings is 3. The van der Waals surface area contributed by atoms with Crippen LogP contribution in [0.5, 0.6) is 11.5 Å². The smallest absolute Gasteiger partial charge is 0.338 e. The molecule has 0 aliphatic carbocycles. The van der Waals surface area contributed by atoms with E-state index < -0.39 is 12.0 Å². The number of rotatable bonds is 8. The summed E-state index contributed by atoms with van der Waals surface area (Å²) in [6.07, 6.45) is 7.16. The van der Waals surface area contributed by atoms with Gasteiger partial charge >= 0.3 is 5.97 Å². The molecule has 0 amide bonds. The van der Waals surface area contributed by atoms with Gasteiger partial charge in [-0.15, -0.1) is 6.42 Å². The fraction of sp³-hybridized carbons (Fsp3) is 0.242. The van der Waals surface area contributed by atoms with Crippen molar-refractivity contribution in [2.45, 2.75) is 39.8 Å². The number of aromatic nitrogens is 1. The number of terminal acetylenes is 1. The van der Waals surface area contributed by atoms with Crippen molar-refractivity contribution in [1.29, 1.82) is 0 Å². The van der Waals surface area contributed by atoms with Gasteiger partial charge in [-0.3, -0.25) is 9.36 Å². The predicted octanol–water partition coefficient (Wildman–Crippen LogP) is 4.75. The standard InChI is InChI=1S/C33H30N2O5S/c1-6-18-39-26-17-16-22-12-8-9-13-23(22)25(26)19-28-31(36)35-30(24-14-10-11-15-27(24)40-20(3)4)29(32(37)38-7-2)21(5)34-33(35)41-28/h1,8-17,19-20,30H,7,18H2,2-5H3/b28-19-/t30-/m0/s1. The molecule has 208 valence electrons. The number of allylic oxidation sites excluding steroid dienone is 1. The normalized spacial score (nSPS) is 14.9. The second-order valence-corrected chi connectivity index (χ2v) is 10.7. The Balaban J connectivity index is 1.79. The topological polar surface area (TPSA) is 79.1 Å². The summed E-state index contributed by atoms with van der Waals surface area (Å²) in [7, 11) is 0. The first-order chi connectivity index (χ1) is 19.8. The Kier molecular flexibility index (Phi) is 8.09. The lowest BCUT2D eigenvalue weighted by Crippen LogP contribution is -2.40. The van der Waals surface area contributed by atoms with Gasteiger partial charge in [-0.05, 0) is 56.7 Å². The summed E-state index contributed by atoms with van der Waals surface area (Å²) in [5.74, 6) is 3.14. The van der Waals surface area contributed by atoms with Gasteiger partial charge in [-0.1, -0.05) is 65.8 Å². The molecule has 4 aromatic rings. The van der Waals surface area contributed by atoms with Crippen molar-refractivity contribution in [3.63, 3.8) is 0 Å². The van der Waals surface area contributed by atoms with Crippen molar-refractivity contribution in [3.05, 3.63) is 103 Å². The molecule has 0 fully saturated rings.